The molecule has 2 heterocycles. The molecular weight excluding hydrogens is 370 g/mol. The Hall–Kier alpha value is -3.08. The van der Waals surface area contributed by atoms with Crippen LogP contribution in [0.2, 0.25) is 0 Å². The highest BCUT2D eigenvalue weighted by Crippen LogP contribution is 2.31. The average Bonchev–Trinajstić information content (AvgIpc) is 3.22. The first-order valence-electron chi connectivity index (χ1n) is 9.83. The third-order valence-corrected chi connectivity index (χ3v) is 5.34. The van der Waals surface area contributed by atoms with Crippen molar-refractivity contribution in [2.45, 2.75) is 31.7 Å². The van der Waals surface area contributed by atoms with Crippen LogP contribution in [0.5, 0.6) is 0 Å². The maximum absolute atomic E-state index is 14.0. The zero-order chi connectivity index (χ0) is 20.2. The van der Waals surface area contributed by atoms with E-state index in [1.807, 2.05) is 29.2 Å². The predicted octanol–water partition coefficient (Wildman–Crippen LogP) is 4.86. The van der Waals surface area contributed by atoms with Crippen LogP contribution in [-0.4, -0.2) is 22.3 Å². The van der Waals surface area contributed by atoms with Gasteiger partial charge in [0, 0.05) is 18.7 Å². The Morgan fingerprint density at radius 3 is 2.59 bits per heavy atom. The van der Waals surface area contributed by atoms with E-state index in [4.69, 9.17) is 4.98 Å². The topological polar surface area (TPSA) is 33.2 Å². The van der Waals surface area contributed by atoms with Gasteiger partial charge in [0.1, 0.15) is 11.6 Å². The molecule has 148 valence electrons. The molecule has 0 unspecified atom stereocenters. The lowest BCUT2D eigenvalue weighted by Gasteiger charge is -2.25. The molecular formula is C24H22F2N2O. The van der Waals surface area contributed by atoms with Crippen molar-refractivity contribution in [1.29, 1.82) is 0 Å². The number of rotatable bonds is 5. The number of aromatic nitrogens is 1. The van der Waals surface area contributed by atoms with E-state index in [0.717, 1.165) is 29.8 Å². The first-order valence-corrected chi connectivity index (χ1v) is 9.83. The smallest absolute Gasteiger partial charge is 0.227 e. The third-order valence-electron chi connectivity index (χ3n) is 5.34. The van der Waals surface area contributed by atoms with Gasteiger partial charge >= 0.3 is 0 Å². The van der Waals surface area contributed by atoms with Crippen LogP contribution in [0, 0.1) is 11.6 Å². The number of halogens is 2. The SMILES string of the molecule is O=C(Cc1ccc(F)cc1)N1CCC[C@@H]1c1cccc(Cc2ccccc2F)n1. The Bertz CT molecular complexity index is 1000. The van der Waals surface area contributed by atoms with Crippen LogP contribution >= 0.6 is 0 Å². The zero-order valence-corrected chi connectivity index (χ0v) is 16.0. The van der Waals surface area contributed by atoms with E-state index in [1.54, 1.807) is 24.3 Å². The Morgan fingerprint density at radius 1 is 1.00 bits per heavy atom. The predicted molar refractivity (Wildman–Crippen MR) is 107 cm³/mol. The second-order valence-electron chi connectivity index (χ2n) is 7.37. The summed E-state index contributed by atoms with van der Waals surface area (Å²) in [5, 5.41) is 0. The minimum Gasteiger partial charge on any atom is -0.334 e. The van der Waals surface area contributed by atoms with Crippen molar-refractivity contribution >= 4 is 5.91 Å². The molecule has 0 N–H and O–H groups in total. The van der Waals surface area contributed by atoms with Crippen molar-refractivity contribution in [3.05, 3.63) is 101 Å². The highest BCUT2D eigenvalue weighted by atomic mass is 19.1. The van der Waals surface area contributed by atoms with Gasteiger partial charge in [0.2, 0.25) is 5.91 Å². The maximum atomic E-state index is 14.0. The molecule has 1 aliphatic rings. The van der Waals surface area contributed by atoms with Crippen molar-refractivity contribution in [2.75, 3.05) is 6.54 Å². The van der Waals surface area contributed by atoms with Crippen molar-refractivity contribution in [2.24, 2.45) is 0 Å². The van der Waals surface area contributed by atoms with Crippen molar-refractivity contribution < 1.29 is 13.6 Å². The lowest BCUT2D eigenvalue weighted by atomic mass is 10.1. The molecule has 1 amide bonds. The van der Waals surface area contributed by atoms with E-state index >= 15 is 0 Å². The summed E-state index contributed by atoms with van der Waals surface area (Å²) in [4.78, 5) is 19.5. The van der Waals surface area contributed by atoms with Gasteiger partial charge in [-0.1, -0.05) is 36.4 Å². The monoisotopic (exact) mass is 392 g/mol. The number of hydrogen-bond acceptors (Lipinski definition) is 2. The highest BCUT2D eigenvalue weighted by Gasteiger charge is 2.30. The lowest BCUT2D eigenvalue weighted by molar-refractivity contribution is -0.131. The number of pyridine rings is 1. The first kappa shape index (κ1) is 19.2. The zero-order valence-electron chi connectivity index (χ0n) is 16.0. The van der Waals surface area contributed by atoms with Gasteiger partial charge in [0.05, 0.1) is 18.2 Å². The standard InChI is InChI=1S/C24H22F2N2O/c25-19-12-10-17(11-13-19)15-24(29)28-14-4-9-23(28)22-8-3-6-20(27-22)16-18-5-1-2-7-21(18)26/h1-3,5-8,10-13,23H,4,9,14-16H2/t23-/m1/s1. The van der Waals surface area contributed by atoms with Crippen LogP contribution < -0.4 is 0 Å². The molecule has 1 aliphatic heterocycles. The number of hydrogen-bond donors (Lipinski definition) is 0. The summed E-state index contributed by atoms with van der Waals surface area (Å²) in [7, 11) is 0. The summed E-state index contributed by atoms with van der Waals surface area (Å²) in [6, 6.07) is 18.4. The van der Waals surface area contributed by atoms with E-state index in [-0.39, 0.29) is 30.0 Å². The van der Waals surface area contributed by atoms with Crippen LogP contribution in [0.4, 0.5) is 8.78 Å². The van der Waals surface area contributed by atoms with Gasteiger partial charge in [-0.05, 0) is 54.3 Å². The second kappa shape index (κ2) is 8.52. The Morgan fingerprint density at radius 2 is 1.79 bits per heavy atom. The van der Waals surface area contributed by atoms with Crippen molar-refractivity contribution in [1.82, 2.24) is 9.88 Å². The number of benzene rings is 2. The quantitative estimate of drug-likeness (QED) is 0.621. The number of carbonyl (C=O) groups is 1. The molecule has 1 aromatic heterocycles. The molecule has 5 heteroatoms. The summed E-state index contributed by atoms with van der Waals surface area (Å²) in [5.41, 5.74) is 3.02. The van der Waals surface area contributed by atoms with Gasteiger partial charge in [0.25, 0.3) is 0 Å². The molecule has 0 saturated carbocycles. The average molecular weight is 392 g/mol. The van der Waals surface area contributed by atoms with Gasteiger partial charge in [-0.2, -0.15) is 0 Å². The summed E-state index contributed by atoms with van der Waals surface area (Å²) >= 11 is 0. The summed E-state index contributed by atoms with van der Waals surface area (Å²) in [6.45, 7) is 0.684. The Balaban J connectivity index is 1.50. The normalized spacial score (nSPS) is 16.2. The lowest BCUT2D eigenvalue weighted by Crippen LogP contribution is -2.32. The Kier molecular flexibility index (Phi) is 5.65. The van der Waals surface area contributed by atoms with E-state index < -0.39 is 0 Å². The molecule has 0 aliphatic carbocycles. The van der Waals surface area contributed by atoms with E-state index in [2.05, 4.69) is 0 Å². The summed E-state index contributed by atoms with van der Waals surface area (Å²) in [6.07, 6.45) is 2.42. The van der Waals surface area contributed by atoms with Gasteiger partial charge in [-0.25, -0.2) is 8.78 Å². The molecule has 1 fully saturated rings. The van der Waals surface area contributed by atoms with Crippen LogP contribution in [0.25, 0.3) is 0 Å². The summed E-state index contributed by atoms with van der Waals surface area (Å²) in [5.74, 6) is -0.534. The molecule has 4 rings (SSSR count). The minimum atomic E-state index is -0.309. The van der Waals surface area contributed by atoms with E-state index in [1.165, 1.54) is 18.2 Å². The van der Waals surface area contributed by atoms with Crippen LogP contribution in [0.15, 0.2) is 66.7 Å². The molecule has 29 heavy (non-hydrogen) atoms. The molecule has 3 aromatic rings. The number of carbonyl (C=O) groups excluding carboxylic acids is 1. The fourth-order valence-electron chi connectivity index (χ4n) is 3.87. The molecule has 1 saturated heterocycles. The fraction of sp³-hybridized carbons (Fsp3) is 0.250. The van der Waals surface area contributed by atoms with Gasteiger partial charge in [-0.3, -0.25) is 9.78 Å². The number of likely N-dealkylation sites (tertiary alicyclic amines) is 1. The van der Waals surface area contributed by atoms with Crippen LogP contribution in [0.1, 0.15) is 41.4 Å². The molecule has 0 bridgehead atoms. The van der Waals surface area contributed by atoms with Crippen molar-refractivity contribution in [3.63, 3.8) is 0 Å². The second-order valence-corrected chi connectivity index (χ2v) is 7.37. The fourth-order valence-corrected chi connectivity index (χ4v) is 3.87. The van der Waals surface area contributed by atoms with Gasteiger partial charge < -0.3 is 4.90 Å². The molecule has 1 atom stereocenters. The maximum Gasteiger partial charge on any atom is 0.227 e. The number of nitrogens with zero attached hydrogens (tertiary/aromatic N) is 2. The molecule has 3 nitrogen and oxygen atoms in total. The van der Waals surface area contributed by atoms with E-state index in [9.17, 15) is 13.6 Å². The Labute approximate surface area is 169 Å². The molecule has 2 aromatic carbocycles. The third kappa shape index (κ3) is 4.50. The van der Waals surface area contributed by atoms with Crippen LogP contribution in [0.3, 0.4) is 0 Å². The van der Waals surface area contributed by atoms with Gasteiger partial charge in [0.15, 0.2) is 0 Å². The van der Waals surface area contributed by atoms with Crippen LogP contribution in [-0.2, 0) is 17.6 Å². The number of amides is 1. The minimum absolute atomic E-state index is 0.0143. The van der Waals surface area contributed by atoms with Crippen molar-refractivity contribution in [3.8, 4) is 0 Å². The van der Waals surface area contributed by atoms with E-state index in [0.29, 0.717) is 18.5 Å². The van der Waals surface area contributed by atoms with Gasteiger partial charge in [-0.15, -0.1) is 0 Å². The summed E-state index contributed by atoms with van der Waals surface area (Å²) < 4.78 is 27.1. The molecule has 0 radical (unpaired) electrons. The first-order chi connectivity index (χ1) is 14.1. The largest absolute Gasteiger partial charge is 0.334 e. The highest BCUT2D eigenvalue weighted by molar-refractivity contribution is 5.79. The molecule has 0 spiro atoms.